The maximum Gasteiger partial charge on any atom is 0.493 e. The molecule has 0 radical (unpaired) electrons. The van der Waals surface area contributed by atoms with E-state index in [1.165, 1.54) is 0 Å². The number of nitrogens with one attached hydrogen (secondary N) is 1. The van der Waals surface area contributed by atoms with Crippen molar-refractivity contribution in [2.75, 3.05) is 6.54 Å². The third kappa shape index (κ3) is 2.61. The van der Waals surface area contributed by atoms with Crippen LogP contribution in [0.15, 0.2) is 0 Å². The Kier molecular flexibility index (Phi) is 2.97. The Hall–Kier alpha value is -1.27. The Morgan fingerprint density at radius 3 is 2.57 bits per heavy atom. The average Bonchev–Trinajstić information content (AvgIpc) is 2.07. The standard InChI is InChI=1S/C7H9F3N2O2/c8-7(9,10)6(13)14-12-4-2-1-3-5(12)11/h11H,1-4H2. The SMILES string of the molecule is N=C1CCCCN1OC(=O)C(F)(F)F. The van der Waals surface area contributed by atoms with Crippen LogP contribution in [-0.4, -0.2) is 29.6 Å². The van der Waals surface area contributed by atoms with E-state index in [1.54, 1.807) is 0 Å². The van der Waals surface area contributed by atoms with E-state index in [-0.39, 0.29) is 12.4 Å². The normalized spacial score (nSPS) is 18.2. The molecule has 0 spiro atoms. The minimum Gasteiger partial charge on any atom is -0.331 e. The van der Waals surface area contributed by atoms with E-state index in [1.807, 2.05) is 0 Å². The van der Waals surface area contributed by atoms with Gasteiger partial charge in [-0.1, -0.05) is 0 Å². The van der Waals surface area contributed by atoms with Gasteiger partial charge in [-0.15, -0.1) is 0 Å². The molecule has 4 nitrogen and oxygen atoms in total. The van der Waals surface area contributed by atoms with Crippen LogP contribution in [0.1, 0.15) is 19.3 Å². The van der Waals surface area contributed by atoms with Crippen molar-refractivity contribution >= 4 is 11.8 Å². The van der Waals surface area contributed by atoms with Crippen LogP contribution in [0.5, 0.6) is 0 Å². The van der Waals surface area contributed by atoms with Crippen LogP contribution in [0, 0.1) is 5.41 Å². The zero-order valence-electron chi connectivity index (χ0n) is 7.23. The molecule has 1 fully saturated rings. The number of carbonyl (C=O) groups is 1. The van der Waals surface area contributed by atoms with Gasteiger partial charge in [-0.05, 0) is 12.8 Å². The van der Waals surface area contributed by atoms with Gasteiger partial charge in [0.05, 0.1) is 6.54 Å². The van der Waals surface area contributed by atoms with Crippen LogP contribution in [0.2, 0.25) is 0 Å². The molecule has 0 atom stereocenters. The first kappa shape index (κ1) is 10.8. The molecule has 0 bridgehead atoms. The number of rotatable bonds is 1. The first-order valence-electron chi connectivity index (χ1n) is 4.05. The maximum absolute atomic E-state index is 11.8. The molecule has 14 heavy (non-hydrogen) atoms. The highest BCUT2D eigenvalue weighted by Crippen LogP contribution is 2.19. The lowest BCUT2D eigenvalue weighted by Gasteiger charge is -2.27. The molecule has 0 unspecified atom stereocenters. The van der Waals surface area contributed by atoms with E-state index >= 15 is 0 Å². The molecule has 0 aliphatic carbocycles. The third-order valence-corrected chi connectivity index (χ3v) is 1.75. The summed E-state index contributed by atoms with van der Waals surface area (Å²) >= 11 is 0. The lowest BCUT2D eigenvalue weighted by Crippen LogP contribution is -2.40. The van der Waals surface area contributed by atoms with Gasteiger partial charge in [-0.2, -0.15) is 18.2 Å². The summed E-state index contributed by atoms with van der Waals surface area (Å²) in [7, 11) is 0. The monoisotopic (exact) mass is 210 g/mol. The number of piperidine rings is 1. The van der Waals surface area contributed by atoms with Crippen molar-refractivity contribution in [2.45, 2.75) is 25.4 Å². The number of amidine groups is 1. The topological polar surface area (TPSA) is 53.4 Å². The summed E-state index contributed by atoms with van der Waals surface area (Å²) in [6, 6.07) is 0. The Balaban J connectivity index is 2.51. The summed E-state index contributed by atoms with van der Waals surface area (Å²) < 4.78 is 35.3. The lowest BCUT2D eigenvalue weighted by molar-refractivity contribution is -0.226. The molecule has 1 N–H and O–H groups in total. The Bertz CT molecular complexity index is 252. The molecular formula is C7H9F3N2O2. The molecular weight excluding hydrogens is 201 g/mol. The molecule has 0 aromatic carbocycles. The second kappa shape index (κ2) is 3.85. The molecule has 1 aliphatic rings. The highest BCUT2D eigenvalue weighted by Gasteiger charge is 2.43. The van der Waals surface area contributed by atoms with Gasteiger partial charge in [0.1, 0.15) is 5.84 Å². The lowest BCUT2D eigenvalue weighted by atomic mass is 10.1. The number of hydroxylamine groups is 2. The predicted octanol–water partition coefficient (Wildman–Crippen LogP) is 1.47. The smallest absolute Gasteiger partial charge is 0.331 e. The van der Waals surface area contributed by atoms with Crippen LogP contribution in [0.4, 0.5) is 13.2 Å². The second-order valence-corrected chi connectivity index (χ2v) is 2.88. The molecule has 1 aliphatic heterocycles. The molecule has 1 saturated heterocycles. The summed E-state index contributed by atoms with van der Waals surface area (Å²) in [5, 5.41) is 7.92. The number of hydrogen-bond donors (Lipinski definition) is 1. The number of hydrogen-bond acceptors (Lipinski definition) is 3. The zero-order valence-corrected chi connectivity index (χ0v) is 7.23. The quantitative estimate of drug-likeness (QED) is 0.713. The van der Waals surface area contributed by atoms with Crippen LogP contribution in [-0.2, 0) is 9.63 Å². The Morgan fingerprint density at radius 2 is 2.07 bits per heavy atom. The van der Waals surface area contributed by atoms with E-state index in [0.717, 1.165) is 6.42 Å². The van der Waals surface area contributed by atoms with E-state index < -0.39 is 12.1 Å². The van der Waals surface area contributed by atoms with E-state index in [4.69, 9.17) is 5.41 Å². The van der Waals surface area contributed by atoms with Crippen molar-refractivity contribution in [2.24, 2.45) is 0 Å². The van der Waals surface area contributed by atoms with Gasteiger partial charge in [0, 0.05) is 6.42 Å². The minimum absolute atomic E-state index is 0.0890. The van der Waals surface area contributed by atoms with Crippen molar-refractivity contribution in [1.29, 1.82) is 5.41 Å². The molecule has 0 aromatic heterocycles. The molecule has 0 amide bonds. The second-order valence-electron chi connectivity index (χ2n) is 2.88. The van der Waals surface area contributed by atoms with E-state index in [9.17, 15) is 18.0 Å². The number of nitrogens with zero attached hydrogens (tertiary/aromatic N) is 1. The summed E-state index contributed by atoms with van der Waals surface area (Å²) in [5.74, 6) is -2.36. The van der Waals surface area contributed by atoms with Crippen LogP contribution in [0.3, 0.4) is 0 Å². The van der Waals surface area contributed by atoms with Gasteiger partial charge in [-0.3, -0.25) is 5.41 Å². The van der Waals surface area contributed by atoms with Crippen LogP contribution >= 0.6 is 0 Å². The molecule has 1 heterocycles. The Labute approximate surface area is 78.1 Å². The van der Waals surface area contributed by atoms with Gasteiger partial charge < -0.3 is 4.84 Å². The summed E-state index contributed by atoms with van der Waals surface area (Å²) in [4.78, 5) is 14.4. The fourth-order valence-electron chi connectivity index (χ4n) is 1.06. The predicted molar refractivity (Wildman–Crippen MR) is 40.4 cm³/mol. The highest BCUT2D eigenvalue weighted by atomic mass is 19.4. The van der Waals surface area contributed by atoms with Crippen LogP contribution < -0.4 is 0 Å². The molecule has 0 saturated carbocycles. The van der Waals surface area contributed by atoms with Crippen molar-refractivity contribution in [3.63, 3.8) is 0 Å². The van der Waals surface area contributed by atoms with Crippen molar-refractivity contribution in [3.05, 3.63) is 0 Å². The number of alkyl halides is 3. The van der Waals surface area contributed by atoms with Gasteiger partial charge >= 0.3 is 12.1 Å². The molecule has 0 aromatic rings. The number of carbonyl (C=O) groups excluding carboxylic acids is 1. The molecule has 1 rings (SSSR count). The van der Waals surface area contributed by atoms with Crippen molar-refractivity contribution < 1.29 is 22.8 Å². The van der Waals surface area contributed by atoms with Gasteiger partial charge in [0.25, 0.3) is 0 Å². The maximum atomic E-state index is 11.8. The van der Waals surface area contributed by atoms with E-state index in [2.05, 4.69) is 4.84 Å². The summed E-state index contributed by atoms with van der Waals surface area (Å²) in [6.45, 7) is 0.153. The van der Waals surface area contributed by atoms with Crippen molar-refractivity contribution in [3.8, 4) is 0 Å². The van der Waals surface area contributed by atoms with E-state index in [0.29, 0.717) is 17.9 Å². The third-order valence-electron chi connectivity index (χ3n) is 1.75. The first-order chi connectivity index (χ1) is 6.41. The van der Waals surface area contributed by atoms with Gasteiger partial charge in [0.15, 0.2) is 0 Å². The first-order valence-corrected chi connectivity index (χ1v) is 4.05. The summed E-state index contributed by atoms with van der Waals surface area (Å²) in [6.07, 6.45) is -3.31. The van der Waals surface area contributed by atoms with Gasteiger partial charge in [-0.25, -0.2) is 4.79 Å². The van der Waals surface area contributed by atoms with Gasteiger partial charge in [0.2, 0.25) is 0 Å². The zero-order chi connectivity index (χ0) is 10.8. The van der Waals surface area contributed by atoms with Crippen LogP contribution in [0.25, 0.3) is 0 Å². The Morgan fingerprint density at radius 1 is 1.43 bits per heavy atom. The molecule has 80 valence electrons. The number of halogens is 3. The fraction of sp³-hybridized carbons (Fsp3) is 0.714. The van der Waals surface area contributed by atoms with Crippen molar-refractivity contribution in [1.82, 2.24) is 5.06 Å². The average molecular weight is 210 g/mol. The molecule has 7 heteroatoms. The largest absolute Gasteiger partial charge is 0.493 e. The summed E-state index contributed by atoms with van der Waals surface area (Å²) in [5.41, 5.74) is 0. The highest BCUT2D eigenvalue weighted by molar-refractivity contribution is 5.82. The minimum atomic E-state index is -5.00. The fourth-order valence-corrected chi connectivity index (χ4v) is 1.06.